The fourth-order valence-electron chi connectivity index (χ4n) is 5.43. The third-order valence-corrected chi connectivity index (χ3v) is 9.92. The molecule has 0 radical (unpaired) electrons. The summed E-state index contributed by atoms with van der Waals surface area (Å²) >= 11 is 3.35. The second kappa shape index (κ2) is 12.9. The first-order valence-electron chi connectivity index (χ1n) is 14.3. The van der Waals surface area contributed by atoms with Crippen LogP contribution in [0.2, 0.25) is 25.7 Å². The third-order valence-electron chi connectivity index (χ3n) is 7.72. The largest absolute Gasteiger partial charge is 0.364 e. The predicted molar refractivity (Wildman–Crippen MR) is 162 cm³/mol. The van der Waals surface area contributed by atoms with Crippen LogP contribution in [0.3, 0.4) is 0 Å². The molecule has 0 aliphatic carbocycles. The summed E-state index contributed by atoms with van der Waals surface area (Å²) in [6, 6.07) is 7.75. The van der Waals surface area contributed by atoms with Gasteiger partial charge in [-0.2, -0.15) is 0 Å². The minimum atomic E-state index is -1.30. The predicted octanol–water partition coefficient (Wildman–Crippen LogP) is 6.48. The van der Waals surface area contributed by atoms with E-state index in [9.17, 15) is 4.79 Å². The molecular weight excluding hydrogens is 623 g/mol. The summed E-state index contributed by atoms with van der Waals surface area (Å²) in [7, 11) is -1.30. The Morgan fingerprint density at radius 3 is 2.69 bits per heavy atom. The van der Waals surface area contributed by atoms with Crippen LogP contribution in [0.1, 0.15) is 43.6 Å². The maximum Gasteiger partial charge on any atom is 0.220 e. The van der Waals surface area contributed by atoms with Gasteiger partial charge in [-0.15, -0.1) is 0 Å². The summed E-state index contributed by atoms with van der Waals surface area (Å²) in [6.45, 7) is 8.71. The number of hydrogen-bond donors (Lipinski definition) is 1. The first-order chi connectivity index (χ1) is 20.1. The van der Waals surface area contributed by atoms with E-state index in [1.807, 2.05) is 4.57 Å². The van der Waals surface area contributed by atoms with E-state index >= 15 is 4.39 Å². The monoisotopic (exact) mass is 660 g/mol. The average molecular weight is 662 g/mol. The second-order valence-electron chi connectivity index (χ2n) is 12.0. The van der Waals surface area contributed by atoms with Crippen molar-refractivity contribution in [3.05, 3.63) is 70.7 Å². The Kier molecular flexibility index (Phi) is 9.48. The number of ether oxygens (including phenoxy) is 3. The lowest BCUT2D eigenvalue weighted by Crippen LogP contribution is -2.41. The highest BCUT2D eigenvalue weighted by atomic mass is 79.9. The molecule has 1 amide bonds. The van der Waals surface area contributed by atoms with Gasteiger partial charge in [0.05, 0.1) is 25.1 Å². The Balaban J connectivity index is 1.38. The molecule has 0 saturated carbocycles. The number of carbonyl (C=O) groups is 1. The maximum atomic E-state index is 15.1. The van der Waals surface area contributed by atoms with Gasteiger partial charge >= 0.3 is 0 Å². The minimum Gasteiger partial charge on any atom is -0.364 e. The van der Waals surface area contributed by atoms with E-state index < -0.39 is 19.4 Å². The highest BCUT2D eigenvalue weighted by Gasteiger charge is 2.43. The molecule has 0 bridgehead atoms. The lowest BCUT2D eigenvalue weighted by atomic mass is 9.91. The van der Waals surface area contributed by atoms with E-state index in [-0.39, 0.29) is 18.5 Å². The summed E-state index contributed by atoms with van der Waals surface area (Å²) in [4.78, 5) is 17.4. The fourth-order valence-corrected chi connectivity index (χ4v) is 6.52. The topological polar surface area (TPSA) is 101 Å². The highest BCUT2D eigenvalue weighted by Crippen LogP contribution is 2.38. The van der Waals surface area contributed by atoms with Crippen molar-refractivity contribution in [1.29, 1.82) is 0 Å². The van der Waals surface area contributed by atoms with Crippen LogP contribution < -0.4 is 5.32 Å². The molecule has 1 atom stereocenters. The minimum absolute atomic E-state index is 0.0355. The number of nitrogens with zero attached hydrogens (tertiary/aromatic N) is 3. The number of rotatable bonds is 13. The smallest absolute Gasteiger partial charge is 0.220 e. The van der Waals surface area contributed by atoms with Gasteiger partial charge in [0.1, 0.15) is 35.9 Å². The van der Waals surface area contributed by atoms with Gasteiger partial charge in [-0.3, -0.25) is 4.79 Å². The Morgan fingerprint density at radius 1 is 1.21 bits per heavy atom. The molecule has 2 aliphatic heterocycles. The van der Waals surface area contributed by atoms with E-state index in [0.717, 1.165) is 6.04 Å². The molecule has 0 spiro atoms. The van der Waals surface area contributed by atoms with Crippen molar-refractivity contribution >= 4 is 29.9 Å². The molecule has 42 heavy (non-hydrogen) atoms. The number of amides is 1. The van der Waals surface area contributed by atoms with Gasteiger partial charge < -0.3 is 28.6 Å². The second-order valence-corrected chi connectivity index (χ2v) is 18.6. The number of nitrogens with one attached hydrogen (secondary N) is 1. The number of hydrogen-bond acceptors (Lipinski definition) is 7. The summed E-state index contributed by atoms with van der Waals surface area (Å²) in [5, 5.41) is 7.23. The third kappa shape index (κ3) is 6.94. The first-order valence-corrected chi connectivity index (χ1v) is 18.8. The van der Waals surface area contributed by atoms with Crippen molar-refractivity contribution in [2.75, 3.05) is 19.8 Å². The molecule has 12 heteroatoms. The number of halogens is 2. The zero-order valence-electron chi connectivity index (χ0n) is 24.3. The molecule has 1 N–H and O–H groups in total. The highest BCUT2D eigenvalue weighted by molar-refractivity contribution is 9.10. The van der Waals surface area contributed by atoms with Crippen molar-refractivity contribution in [2.45, 2.75) is 75.8 Å². The van der Waals surface area contributed by atoms with E-state index in [4.69, 9.17) is 23.7 Å². The quantitative estimate of drug-likeness (QED) is 0.127. The van der Waals surface area contributed by atoms with Crippen LogP contribution >= 0.6 is 15.9 Å². The van der Waals surface area contributed by atoms with Crippen molar-refractivity contribution in [2.24, 2.45) is 0 Å². The average Bonchev–Trinajstić information content (AvgIpc) is 3.74. The Morgan fingerprint density at radius 2 is 2.02 bits per heavy atom. The molecule has 9 nitrogen and oxygen atoms in total. The number of imidazole rings is 1. The molecule has 2 saturated heterocycles. The van der Waals surface area contributed by atoms with Crippen molar-refractivity contribution < 1.29 is 27.9 Å². The van der Waals surface area contributed by atoms with Crippen LogP contribution in [0.5, 0.6) is 0 Å². The van der Waals surface area contributed by atoms with Crippen LogP contribution in [-0.4, -0.2) is 48.5 Å². The Labute approximate surface area is 254 Å². The van der Waals surface area contributed by atoms with Gasteiger partial charge in [0.2, 0.25) is 11.7 Å². The van der Waals surface area contributed by atoms with E-state index in [1.165, 1.54) is 12.3 Å². The van der Waals surface area contributed by atoms with Crippen LogP contribution in [0.4, 0.5) is 4.39 Å². The van der Waals surface area contributed by atoms with Crippen LogP contribution in [0, 0.1) is 5.82 Å². The normalized spacial score (nSPS) is 20.5. The number of carbonyl (C=O) groups excluding carboxylic acids is 1. The molecule has 3 aromatic rings. The molecule has 2 fully saturated rings. The zero-order valence-corrected chi connectivity index (χ0v) is 26.9. The van der Waals surface area contributed by atoms with Crippen LogP contribution in [-0.2, 0) is 37.1 Å². The van der Waals surface area contributed by atoms with Crippen molar-refractivity contribution in [3.63, 3.8) is 0 Å². The summed E-state index contributed by atoms with van der Waals surface area (Å²) < 4.78 is 40.7. The molecule has 2 aliphatic rings. The molecule has 1 aromatic carbocycles. The van der Waals surface area contributed by atoms with Gasteiger partial charge in [0.15, 0.2) is 0 Å². The van der Waals surface area contributed by atoms with Gasteiger partial charge in [0.25, 0.3) is 0 Å². The van der Waals surface area contributed by atoms with Gasteiger partial charge in [-0.1, -0.05) is 52.9 Å². The van der Waals surface area contributed by atoms with Crippen molar-refractivity contribution in [3.8, 4) is 11.3 Å². The van der Waals surface area contributed by atoms with E-state index in [0.29, 0.717) is 79.2 Å². The SMILES string of the molecule is C[Si](C)(C)CCOCn1c(-c2ccc(Br)cc2F)cnc1[C@]1(C/C=C/CCC2(c3ccon3)OCCO2)CCC(=O)N1. The number of aromatic nitrogens is 3. The lowest BCUT2D eigenvalue weighted by molar-refractivity contribution is -0.174. The Hall–Kier alpha value is -2.64. The summed E-state index contributed by atoms with van der Waals surface area (Å²) in [5.74, 6) is -0.651. The number of allylic oxidation sites excluding steroid dienone is 1. The van der Waals surface area contributed by atoms with Gasteiger partial charge in [-0.05, 0) is 43.5 Å². The summed E-state index contributed by atoms with van der Waals surface area (Å²) in [6.07, 6.45) is 10.0. The fraction of sp³-hybridized carbons (Fsp3) is 0.500. The molecule has 4 heterocycles. The molecule has 0 unspecified atom stereocenters. The van der Waals surface area contributed by atoms with Gasteiger partial charge in [-0.25, -0.2) is 9.37 Å². The summed E-state index contributed by atoms with van der Waals surface area (Å²) in [5.41, 5.74) is 0.911. The standard InChI is InChI=1S/C30H38BrFN4O5Si/c1-42(2,3)18-17-38-21-36-25(23-8-7-22(31)19-24(23)32)20-33-28(36)29(13-9-27(37)34-29)11-5-4-6-12-30(39-15-16-40-30)26-10-14-41-35-26/h4-5,7-8,10,14,19-20H,6,9,11-13,15-18,21H2,1-3H3,(H,34,37)/b5-4+/t29-/m0/s1. The molecule has 226 valence electrons. The Bertz CT molecular complexity index is 1400. The molecule has 5 rings (SSSR count). The van der Waals surface area contributed by atoms with E-state index in [2.05, 4.69) is 58.2 Å². The van der Waals surface area contributed by atoms with Crippen LogP contribution in [0.25, 0.3) is 11.3 Å². The molecular formula is C30H38BrFN4O5Si. The zero-order chi connectivity index (χ0) is 29.8. The lowest BCUT2D eigenvalue weighted by Gasteiger charge is -2.29. The van der Waals surface area contributed by atoms with Gasteiger partial charge in [0, 0.05) is 43.6 Å². The number of benzene rings is 1. The maximum absolute atomic E-state index is 15.1. The first kappa shape index (κ1) is 30.8. The van der Waals surface area contributed by atoms with E-state index in [1.54, 1.807) is 24.4 Å². The molecule has 2 aromatic heterocycles. The van der Waals surface area contributed by atoms with Crippen molar-refractivity contribution in [1.82, 2.24) is 20.0 Å². The van der Waals surface area contributed by atoms with Crippen LogP contribution in [0.15, 0.2) is 57.9 Å².